The fourth-order valence-corrected chi connectivity index (χ4v) is 2.74. The van der Waals surface area contributed by atoms with Crippen molar-refractivity contribution < 1.29 is 9.90 Å². The van der Waals surface area contributed by atoms with Crippen LogP contribution in [0.3, 0.4) is 0 Å². The van der Waals surface area contributed by atoms with Crippen LogP contribution in [0.1, 0.15) is 46.5 Å². The van der Waals surface area contributed by atoms with Gasteiger partial charge in [0.05, 0.1) is 5.41 Å². The molecule has 19 heavy (non-hydrogen) atoms. The van der Waals surface area contributed by atoms with E-state index in [1.165, 1.54) is 25.9 Å². The van der Waals surface area contributed by atoms with Crippen LogP contribution in [-0.2, 0) is 4.79 Å². The minimum Gasteiger partial charge on any atom is -0.481 e. The number of aliphatic carboxylic acids is 1. The molecule has 1 aliphatic heterocycles. The zero-order valence-corrected chi connectivity index (χ0v) is 13.0. The first kappa shape index (κ1) is 16.4. The van der Waals surface area contributed by atoms with Gasteiger partial charge in [-0.3, -0.25) is 4.79 Å². The highest BCUT2D eigenvalue weighted by Crippen LogP contribution is 2.23. The molecule has 0 aromatic carbocycles. The van der Waals surface area contributed by atoms with Crippen LogP contribution < -0.4 is 0 Å². The molecule has 4 heteroatoms. The van der Waals surface area contributed by atoms with Gasteiger partial charge < -0.3 is 14.9 Å². The molecule has 1 rings (SSSR count). The highest BCUT2D eigenvalue weighted by atomic mass is 16.4. The Kier molecular flexibility index (Phi) is 6.27. The molecule has 0 spiro atoms. The molecule has 0 bridgehead atoms. The lowest BCUT2D eigenvalue weighted by Crippen LogP contribution is -2.43. The first-order valence-electron chi connectivity index (χ1n) is 7.53. The van der Waals surface area contributed by atoms with E-state index in [1.54, 1.807) is 0 Å². The molecule has 0 atom stereocenters. The van der Waals surface area contributed by atoms with Gasteiger partial charge in [-0.25, -0.2) is 0 Å². The van der Waals surface area contributed by atoms with Gasteiger partial charge in [-0.2, -0.15) is 0 Å². The Morgan fingerprint density at radius 3 is 2.42 bits per heavy atom. The van der Waals surface area contributed by atoms with Crippen LogP contribution in [0.15, 0.2) is 0 Å². The molecule has 1 fully saturated rings. The molecule has 1 saturated heterocycles. The summed E-state index contributed by atoms with van der Waals surface area (Å²) in [5, 5.41) is 9.09. The third-order valence-corrected chi connectivity index (χ3v) is 4.52. The van der Waals surface area contributed by atoms with E-state index in [2.05, 4.69) is 23.8 Å². The average molecular weight is 270 g/mol. The van der Waals surface area contributed by atoms with Gasteiger partial charge in [-0.05, 0) is 72.8 Å². The Hall–Kier alpha value is -0.610. The number of carboxylic acid groups (broad SMARTS) is 1. The Morgan fingerprint density at radius 1 is 1.37 bits per heavy atom. The summed E-state index contributed by atoms with van der Waals surface area (Å²) in [6.07, 6.45) is 4.20. The Labute approximate surface area is 117 Å². The van der Waals surface area contributed by atoms with Crippen molar-refractivity contribution in [2.24, 2.45) is 5.41 Å². The van der Waals surface area contributed by atoms with Crippen LogP contribution in [0.25, 0.3) is 0 Å². The van der Waals surface area contributed by atoms with E-state index in [4.69, 9.17) is 5.11 Å². The third-order valence-electron chi connectivity index (χ3n) is 4.52. The van der Waals surface area contributed by atoms with E-state index in [-0.39, 0.29) is 0 Å². The molecule has 0 aromatic rings. The number of likely N-dealkylation sites (tertiary alicyclic amines) is 1. The third kappa shape index (κ3) is 5.11. The van der Waals surface area contributed by atoms with Crippen molar-refractivity contribution in [3.63, 3.8) is 0 Å². The van der Waals surface area contributed by atoms with E-state index in [0.29, 0.717) is 6.04 Å². The van der Waals surface area contributed by atoms with E-state index < -0.39 is 11.4 Å². The normalized spacial score (nSPS) is 19.0. The average Bonchev–Trinajstić information content (AvgIpc) is 2.38. The maximum absolute atomic E-state index is 11.0. The van der Waals surface area contributed by atoms with Crippen LogP contribution in [0.4, 0.5) is 0 Å². The Bertz CT molecular complexity index is 284. The van der Waals surface area contributed by atoms with Gasteiger partial charge in [0, 0.05) is 6.04 Å². The standard InChI is InChI=1S/C15H30N2O2/c1-5-17-11-7-13(8-12-17)16(4)10-6-9-15(2,3)14(18)19/h13H,5-12H2,1-4H3,(H,18,19). The lowest BCUT2D eigenvalue weighted by molar-refractivity contribution is -0.147. The molecule has 0 amide bonds. The minimum atomic E-state index is -0.689. The number of carboxylic acids is 1. The molecule has 112 valence electrons. The van der Waals surface area contributed by atoms with Crippen LogP contribution in [0.2, 0.25) is 0 Å². The smallest absolute Gasteiger partial charge is 0.309 e. The lowest BCUT2D eigenvalue weighted by atomic mass is 9.88. The zero-order chi connectivity index (χ0) is 14.5. The quantitative estimate of drug-likeness (QED) is 0.771. The Balaban J connectivity index is 2.25. The van der Waals surface area contributed by atoms with Crippen LogP contribution in [0, 0.1) is 5.41 Å². The monoisotopic (exact) mass is 270 g/mol. The fraction of sp³-hybridized carbons (Fsp3) is 0.933. The maximum atomic E-state index is 11.0. The lowest BCUT2D eigenvalue weighted by Gasteiger charge is -2.36. The van der Waals surface area contributed by atoms with Gasteiger partial charge in [0.25, 0.3) is 0 Å². The molecule has 1 N–H and O–H groups in total. The predicted octanol–water partition coefficient (Wildman–Crippen LogP) is 2.29. The van der Waals surface area contributed by atoms with Gasteiger partial charge >= 0.3 is 5.97 Å². The second-order valence-electron chi connectivity index (χ2n) is 6.44. The summed E-state index contributed by atoms with van der Waals surface area (Å²) in [4.78, 5) is 16.0. The minimum absolute atomic E-state index is 0.591. The van der Waals surface area contributed by atoms with Crippen molar-refractivity contribution in [2.45, 2.75) is 52.5 Å². The molecule has 0 saturated carbocycles. The fourth-order valence-electron chi connectivity index (χ4n) is 2.74. The van der Waals surface area contributed by atoms with Gasteiger partial charge in [-0.1, -0.05) is 6.92 Å². The first-order chi connectivity index (χ1) is 8.86. The van der Waals surface area contributed by atoms with Gasteiger partial charge in [-0.15, -0.1) is 0 Å². The van der Waals surface area contributed by atoms with Crippen molar-refractivity contribution in [3.8, 4) is 0 Å². The molecule has 4 nitrogen and oxygen atoms in total. The topological polar surface area (TPSA) is 43.8 Å². The summed E-state index contributed by atoms with van der Waals surface area (Å²) in [7, 11) is 2.18. The van der Waals surface area contributed by atoms with Gasteiger partial charge in [0.1, 0.15) is 0 Å². The molecular formula is C15H30N2O2. The van der Waals surface area contributed by atoms with E-state index in [1.807, 2.05) is 13.8 Å². The molecular weight excluding hydrogens is 240 g/mol. The maximum Gasteiger partial charge on any atom is 0.309 e. The summed E-state index contributed by atoms with van der Waals surface area (Å²) >= 11 is 0. The summed E-state index contributed by atoms with van der Waals surface area (Å²) in [6, 6.07) is 0.677. The number of carbonyl (C=O) groups is 1. The van der Waals surface area contributed by atoms with Crippen molar-refractivity contribution in [3.05, 3.63) is 0 Å². The zero-order valence-electron chi connectivity index (χ0n) is 13.0. The van der Waals surface area contributed by atoms with Gasteiger partial charge in [0.15, 0.2) is 0 Å². The second kappa shape index (κ2) is 7.25. The highest BCUT2D eigenvalue weighted by Gasteiger charge is 2.27. The highest BCUT2D eigenvalue weighted by molar-refractivity contribution is 5.73. The second-order valence-corrected chi connectivity index (χ2v) is 6.44. The molecule has 0 radical (unpaired) electrons. The van der Waals surface area contributed by atoms with Crippen molar-refractivity contribution >= 4 is 5.97 Å². The van der Waals surface area contributed by atoms with Crippen molar-refractivity contribution in [1.82, 2.24) is 9.80 Å². The van der Waals surface area contributed by atoms with Crippen molar-refractivity contribution in [1.29, 1.82) is 0 Å². The SMILES string of the molecule is CCN1CCC(N(C)CCCC(C)(C)C(=O)O)CC1. The largest absolute Gasteiger partial charge is 0.481 e. The molecule has 0 unspecified atom stereocenters. The summed E-state index contributed by atoms with van der Waals surface area (Å²) in [5.74, 6) is -0.689. The molecule has 0 aromatic heterocycles. The van der Waals surface area contributed by atoms with Crippen LogP contribution >= 0.6 is 0 Å². The van der Waals surface area contributed by atoms with E-state index in [9.17, 15) is 4.79 Å². The molecule has 1 aliphatic rings. The summed E-state index contributed by atoms with van der Waals surface area (Å²) < 4.78 is 0. The van der Waals surface area contributed by atoms with Crippen LogP contribution in [0.5, 0.6) is 0 Å². The number of rotatable bonds is 7. The van der Waals surface area contributed by atoms with Crippen LogP contribution in [-0.4, -0.2) is 60.1 Å². The number of nitrogens with zero attached hydrogens (tertiary/aromatic N) is 2. The number of piperidine rings is 1. The van der Waals surface area contributed by atoms with E-state index in [0.717, 1.165) is 25.9 Å². The first-order valence-corrected chi connectivity index (χ1v) is 7.53. The molecule has 0 aliphatic carbocycles. The van der Waals surface area contributed by atoms with Crippen molar-refractivity contribution in [2.75, 3.05) is 33.2 Å². The number of hydrogen-bond donors (Lipinski definition) is 1. The molecule has 1 heterocycles. The Morgan fingerprint density at radius 2 is 1.95 bits per heavy atom. The van der Waals surface area contributed by atoms with E-state index >= 15 is 0 Å². The summed E-state index contributed by atoms with van der Waals surface area (Å²) in [6.45, 7) is 10.4. The number of hydrogen-bond acceptors (Lipinski definition) is 3. The predicted molar refractivity (Wildman–Crippen MR) is 78.4 cm³/mol. The van der Waals surface area contributed by atoms with Gasteiger partial charge in [0.2, 0.25) is 0 Å². The summed E-state index contributed by atoms with van der Waals surface area (Å²) in [5.41, 5.74) is -0.591.